The average Bonchev–Trinajstić information content (AvgIpc) is 3.12. The van der Waals surface area contributed by atoms with Crippen molar-refractivity contribution >= 4 is 40.0 Å². The second-order valence-electron chi connectivity index (χ2n) is 6.59. The van der Waals surface area contributed by atoms with Crippen LogP contribution in [0.5, 0.6) is 5.75 Å². The van der Waals surface area contributed by atoms with Crippen LogP contribution in [0.3, 0.4) is 0 Å². The molecule has 0 aliphatic carbocycles. The number of hydrogen-bond donors (Lipinski definition) is 2. The van der Waals surface area contributed by atoms with Crippen LogP contribution < -0.4 is 15.8 Å². The van der Waals surface area contributed by atoms with Gasteiger partial charge in [-0.1, -0.05) is 17.7 Å². The summed E-state index contributed by atoms with van der Waals surface area (Å²) in [5.74, 6) is 0.615. The fraction of sp³-hybridized carbons (Fsp3) is 0.0909. The number of amides is 1. The molecule has 0 bridgehead atoms. The smallest absolute Gasteiger partial charge is 0.257 e. The van der Waals surface area contributed by atoms with Gasteiger partial charge >= 0.3 is 0 Å². The monoisotopic (exact) mass is 407 g/mol. The lowest BCUT2D eigenvalue weighted by molar-refractivity contribution is 0.102. The molecule has 1 heterocycles. The molecule has 1 aromatic heterocycles. The first-order valence-corrected chi connectivity index (χ1v) is 9.24. The van der Waals surface area contributed by atoms with E-state index in [9.17, 15) is 4.79 Å². The molecule has 0 aliphatic rings. The number of halogens is 1. The number of methoxy groups -OCH3 is 1. The fourth-order valence-electron chi connectivity index (χ4n) is 3.03. The number of oxazole rings is 1. The SMILES string of the molecule is COc1ccc(NC(=O)c2cc(Cl)ccc2N)cc1-c1nc2cc(C)ccc2o1. The van der Waals surface area contributed by atoms with Crippen molar-refractivity contribution in [3.8, 4) is 17.2 Å². The Labute approximate surface area is 172 Å². The van der Waals surface area contributed by atoms with Crippen LogP contribution in [-0.2, 0) is 0 Å². The molecule has 146 valence electrons. The highest BCUT2D eigenvalue weighted by molar-refractivity contribution is 6.31. The van der Waals surface area contributed by atoms with Crippen LogP contribution in [0.4, 0.5) is 11.4 Å². The lowest BCUT2D eigenvalue weighted by atomic mass is 10.1. The molecule has 0 saturated heterocycles. The topological polar surface area (TPSA) is 90.4 Å². The molecule has 3 N–H and O–H groups in total. The number of ether oxygens (including phenoxy) is 1. The lowest BCUT2D eigenvalue weighted by Gasteiger charge is -2.11. The number of hydrogen-bond acceptors (Lipinski definition) is 5. The molecule has 29 heavy (non-hydrogen) atoms. The average molecular weight is 408 g/mol. The summed E-state index contributed by atoms with van der Waals surface area (Å²) in [5.41, 5.74) is 10.2. The van der Waals surface area contributed by atoms with Crippen LogP contribution in [0.15, 0.2) is 59.0 Å². The highest BCUT2D eigenvalue weighted by atomic mass is 35.5. The van der Waals surface area contributed by atoms with Crippen molar-refractivity contribution in [1.29, 1.82) is 0 Å². The van der Waals surface area contributed by atoms with E-state index in [1.54, 1.807) is 37.4 Å². The number of nitrogens with one attached hydrogen (secondary N) is 1. The van der Waals surface area contributed by atoms with Gasteiger partial charge in [-0.15, -0.1) is 0 Å². The zero-order valence-corrected chi connectivity index (χ0v) is 16.6. The van der Waals surface area contributed by atoms with Gasteiger partial charge in [-0.25, -0.2) is 4.98 Å². The summed E-state index contributed by atoms with van der Waals surface area (Å²) in [6.45, 7) is 1.99. The first-order valence-electron chi connectivity index (χ1n) is 8.86. The van der Waals surface area contributed by atoms with Crippen molar-refractivity contribution in [2.24, 2.45) is 0 Å². The molecule has 0 unspecified atom stereocenters. The molecular formula is C22H18ClN3O3. The molecule has 4 rings (SSSR count). The van der Waals surface area contributed by atoms with Crippen LogP contribution in [0.1, 0.15) is 15.9 Å². The van der Waals surface area contributed by atoms with Gasteiger partial charge in [0.1, 0.15) is 11.3 Å². The minimum Gasteiger partial charge on any atom is -0.496 e. The number of carbonyl (C=O) groups is 1. The van der Waals surface area contributed by atoms with Gasteiger partial charge in [0.15, 0.2) is 5.58 Å². The molecule has 3 aromatic carbocycles. The molecule has 0 spiro atoms. The number of nitrogen functional groups attached to an aromatic ring is 1. The van der Waals surface area contributed by atoms with Gasteiger partial charge in [0.05, 0.1) is 18.2 Å². The lowest BCUT2D eigenvalue weighted by Crippen LogP contribution is -2.14. The maximum atomic E-state index is 12.6. The Kier molecular flexibility index (Phi) is 4.86. The molecule has 1 amide bonds. The number of nitrogens with two attached hydrogens (primary N) is 1. The van der Waals surface area contributed by atoms with Crippen molar-refractivity contribution < 1.29 is 13.9 Å². The zero-order valence-electron chi connectivity index (χ0n) is 15.8. The van der Waals surface area contributed by atoms with Gasteiger partial charge in [-0.2, -0.15) is 0 Å². The van der Waals surface area contributed by atoms with Crippen LogP contribution >= 0.6 is 11.6 Å². The molecular weight excluding hydrogens is 390 g/mol. The van der Waals surface area contributed by atoms with E-state index >= 15 is 0 Å². The number of carbonyl (C=O) groups excluding carboxylic acids is 1. The fourth-order valence-corrected chi connectivity index (χ4v) is 3.20. The summed E-state index contributed by atoms with van der Waals surface area (Å²) < 4.78 is 11.3. The van der Waals surface area contributed by atoms with Crippen LogP contribution in [0.25, 0.3) is 22.6 Å². The van der Waals surface area contributed by atoms with Gasteiger partial charge in [-0.05, 0) is 61.0 Å². The van der Waals surface area contributed by atoms with E-state index in [1.807, 2.05) is 25.1 Å². The summed E-state index contributed by atoms with van der Waals surface area (Å²) >= 11 is 5.99. The highest BCUT2D eigenvalue weighted by Gasteiger charge is 2.16. The Morgan fingerprint density at radius 2 is 1.97 bits per heavy atom. The van der Waals surface area contributed by atoms with Crippen molar-refractivity contribution in [1.82, 2.24) is 4.98 Å². The third-order valence-electron chi connectivity index (χ3n) is 4.49. The Morgan fingerprint density at radius 1 is 1.14 bits per heavy atom. The van der Waals surface area contributed by atoms with E-state index < -0.39 is 0 Å². The molecule has 0 aliphatic heterocycles. The Balaban J connectivity index is 1.71. The summed E-state index contributed by atoms with van der Waals surface area (Å²) in [6.07, 6.45) is 0. The zero-order chi connectivity index (χ0) is 20.5. The normalized spacial score (nSPS) is 10.9. The van der Waals surface area contributed by atoms with Crippen molar-refractivity contribution in [3.05, 3.63) is 70.7 Å². The predicted molar refractivity (Wildman–Crippen MR) is 115 cm³/mol. The summed E-state index contributed by atoms with van der Waals surface area (Å²) in [6, 6.07) is 15.8. The highest BCUT2D eigenvalue weighted by Crippen LogP contribution is 2.34. The first kappa shape index (κ1) is 18.8. The van der Waals surface area contributed by atoms with E-state index in [1.165, 1.54) is 6.07 Å². The quantitative estimate of drug-likeness (QED) is 0.448. The molecule has 0 fully saturated rings. The number of aromatic nitrogens is 1. The van der Waals surface area contributed by atoms with E-state index in [0.717, 1.165) is 11.1 Å². The van der Waals surface area contributed by atoms with Gasteiger partial charge in [-0.3, -0.25) is 4.79 Å². The Morgan fingerprint density at radius 3 is 2.76 bits per heavy atom. The molecule has 0 atom stereocenters. The summed E-state index contributed by atoms with van der Waals surface area (Å²) in [4.78, 5) is 17.2. The molecule has 0 radical (unpaired) electrons. The maximum Gasteiger partial charge on any atom is 0.257 e. The Hall–Kier alpha value is -3.51. The minimum atomic E-state index is -0.366. The van der Waals surface area contributed by atoms with Crippen molar-refractivity contribution in [2.45, 2.75) is 6.92 Å². The number of rotatable bonds is 4. The van der Waals surface area contributed by atoms with Crippen molar-refractivity contribution in [3.63, 3.8) is 0 Å². The van der Waals surface area contributed by atoms with Gasteiger partial charge in [0.2, 0.25) is 5.89 Å². The van der Waals surface area contributed by atoms with Crippen LogP contribution in [0.2, 0.25) is 5.02 Å². The van der Waals surface area contributed by atoms with Gasteiger partial charge < -0.3 is 20.2 Å². The first-order chi connectivity index (χ1) is 13.9. The summed E-state index contributed by atoms with van der Waals surface area (Å²) in [5, 5.41) is 3.26. The Bertz CT molecular complexity index is 1230. The number of aryl methyl sites for hydroxylation is 1. The number of anilines is 2. The third-order valence-corrected chi connectivity index (χ3v) is 4.73. The van der Waals surface area contributed by atoms with E-state index in [2.05, 4.69) is 10.3 Å². The van der Waals surface area contributed by atoms with Crippen LogP contribution in [0, 0.1) is 6.92 Å². The minimum absolute atomic E-state index is 0.298. The second kappa shape index (κ2) is 7.48. The predicted octanol–water partition coefficient (Wildman–Crippen LogP) is 5.30. The number of fused-ring (bicyclic) bond motifs is 1. The van der Waals surface area contributed by atoms with Crippen LogP contribution in [-0.4, -0.2) is 18.0 Å². The van der Waals surface area contributed by atoms with Gasteiger partial charge in [0.25, 0.3) is 5.91 Å². The number of nitrogens with zero attached hydrogens (tertiary/aromatic N) is 1. The van der Waals surface area contributed by atoms with E-state index in [0.29, 0.717) is 44.7 Å². The standard InChI is InChI=1S/C22H18ClN3O3/c1-12-3-7-20-18(9-12)26-22(29-20)16-11-14(5-8-19(16)28-2)25-21(27)15-10-13(23)4-6-17(15)24/h3-11H,24H2,1-2H3,(H,25,27). The molecule has 4 aromatic rings. The molecule has 0 saturated carbocycles. The third kappa shape index (κ3) is 3.75. The maximum absolute atomic E-state index is 12.6. The molecule has 7 heteroatoms. The largest absolute Gasteiger partial charge is 0.496 e. The van der Waals surface area contributed by atoms with E-state index in [-0.39, 0.29) is 5.91 Å². The summed E-state index contributed by atoms with van der Waals surface area (Å²) in [7, 11) is 1.57. The van der Waals surface area contributed by atoms with Gasteiger partial charge in [0, 0.05) is 16.4 Å². The molecule has 6 nitrogen and oxygen atoms in total. The van der Waals surface area contributed by atoms with E-state index in [4.69, 9.17) is 26.5 Å². The second-order valence-corrected chi connectivity index (χ2v) is 7.03. The number of benzene rings is 3. The van der Waals surface area contributed by atoms with Crippen molar-refractivity contribution in [2.75, 3.05) is 18.2 Å².